The lowest BCUT2D eigenvalue weighted by Gasteiger charge is -2.16. The number of aromatic amines is 1. The summed E-state index contributed by atoms with van der Waals surface area (Å²) in [7, 11) is 1.44. The van der Waals surface area contributed by atoms with Crippen molar-refractivity contribution >= 4 is 28.7 Å². The minimum absolute atomic E-state index is 0.208. The van der Waals surface area contributed by atoms with Crippen LogP contribution >= 0.6 is 0 Å². The average Bonchev–Trinajstić information content (AvgIpc) is 3.10. The molecule has 3 rings (SSSR count). The Balaban J connectivity index is 1.87. The van der Waals surface area contributed by atoms with Gasteiger partial charge in [-0.15, -0.1) is 5.10 Å². The second-order valence-electron chi connectivity index (χ2n) is 6.34. The summed E-state index contributed by atoms with van der Waals surface area (Å²) in [5, 5.41) is 22.1. The van der Waals surface area contributed by atoms with Crippen LogP contribution in [0.3, 0.4) is 0 Å². The number of benzene rings is 1. The molecule has 2 atom stereocenters. The Morgan fingerprint density at radius 1 is 1.21 bits per heavy atom. The van der Waals surface area contributed by atoms with E-state index in [1.165, 1.54) is 14.0 Å². The number of hydrogen-bond acceptors (Lipinski definition) is 5. The molecule has 0 radical (unpaired) electrons. The number of H-pyrrole nitrogens is 1. The zero-order valence-electron chi connectivity index (χ0n) is 15.7. The molecular formula is C19H21N5O4. The van der Waals surface area contributed by atoms with Crippen molar-refractivity contribution in [1.29, 1.82) is 0 Å². The second-order valence-corrected chi connectivity index (χ2v) is 6.34. The van der Waals surface area contributed by atoms with Crippen LogP contribution in [0.2, 0.25) is 0 Å². The summed E-state index contributed by atoms with van der Waals surface area (Å²) in [5.74, 6) is -1.50. The van der Waals surface area contributed by atoms with Gasteiger partial charge < -0.3 is 15.2 Å². The molecule has 0 saturated heterocycles. The van der Waals surface area contributed by atoms with Gasteiger partial charge in [0.2, 0.25) is 5.88 Å². The highest BCUT2D eigenvalue weighted by molar-refractivity contribution is 5.95. The summed E-state index contributed by atoms with van der Waals surface area (Å²) in [6, 6.07) is 10.4. The first-order valence-electron chi connectivity index (χ1n) is 8.69. The SMILES string of the molecule is COc1n[nH]c2cc(NC(=O)N[C@H](C)c3ccccc3)nc(C(C)C(=O)O)c12. The number of aromatic nitrogens is 3. The van der Waals surface area contributed by atoms with Crippen LogP contribution in [0, 0.1) is 0 Å². The maximum Gasteiger partial charge on any atom is 0.320 e. The van der Waals surface area contributed by atoms with Crippen molar-refractivity contribution in [2.45, 2.75) is 25.8 Å². The fourth-order valence-corrected chi connectivity index (χ4v) is 2.86. The Hall–Kier alpha value is -3.62. The van der Waals surface area contributed by atoms with Gasteiger partial charge in [-0.05, 0) is 19.4 Å². The van der Waals surface area contributed by atoms with E-state index in [9.17, 15) is 14.7 Å². The number of carbonyl (C=O) groups excluding carboxylic acids is 1. The Morgan fingerprint density at radius 2 is 1.93 bits per heavy atom. The molecule has 2 heterocycles. The molecule has 2 amide bonds. The number of pyridine rings is 1. The summed E-state index contributed by atoms with van der Waals surface area (Å²) >= 11 is 0. The number of nitrogens with zero attached hydrogens (tertiary/aromatic N) is 2. The van der Waals surface area contributed by atoms with E-state index in [0.29, 0.717) is 10.9 Å². The molecule has 2 aromatic heterocycles. The number of carboxylic acid groups (broad SMARTS) is 1. The second kappa shape index (κ2) is 7.95. The number of rotatable bonds is 6. The topological polar surface area (TPSA) is 129 Å². The normalized spacial score (nSPS) is 13.0. The number of urea groups is 1. The third-order valence-electron chi connectivity index (χ3n) is 4.40. The van der Waals surface area contributed by atoms with Crippen LogP contribution in [0.15, 0.2) is 36.4 Å². The van der Waals surface area contributed by atoms with E-state index < -0.39 is 17.9 Å². The molecule has 0 aliphatic rings. The lowest BCUT2D eigenvalue weighted by Crippen LogP contribution is -2.31. The van der Waals surface area contributed by atoms with Gasteiger partial charge in [0.1, 0.15) is 5.82 Å². The van der Waals surface area contributed by atoms with Crippen LogP contribution in [0.4, 0.5) is 10.6 Å². The third-order valence-corrected chi connectivity index (χ3v) is 4.40. The summed E-state index contributed by atoms with van der Waals surface area (Å²) in [6.45, 7) is 3.38. The molecule has 0 aliphatic carbocycles. The molecule has 1 unspecified atom stereocenters. The number of aliphatic carboxylic acids is 1. The molecule has 0 saturated carbocycles. The lowest BCUT2D eigenvalue weighted by atomic mass is 10.0. The predicted molar refractivity (Wildman–Crippen MR) is 104 cm³/mol. The fourth-order valence-electron chi connectivity index (χ4n) is 2.86. The highest BCUT2D eigenvalue weighted by atomic mass is 16.5. The monoisotopic (exact) mass is 383 g/mol. The Bertz CT molecular complexity index is 1000. The first-order valence-corrected chi connectivity index (χ1v) is 8.69. The van der Waals surface area contributed by atoms with Gasteiger partial charge in [0.05, 0.1) is 35.7 Å². The third kappa shape index (κ3) is 3.88. The predicted octanol–water partition coefficient (Wildman–Crippen LogP) is 3.04. The molecule has 0 fully saturated rings. The number of nitrogens with one attached hydrogen (secondary N) is 3. The highest BCUT2D eigenvalue weighted by Crippen LogP contribution is 2.32. The van der Waals surface area contributed by atoms with Gasteiger partial charge in [-0.2, -0.15) is 0 Å². The summed E-state index contributed by atoms with van der Waals surface area (Å²) in [4.78, 5) is 28.2. The molecule has 0 aliphatic heterocycles. The van der Waals surface area contributed by atoms with Crippen molar-refractivity contribution in [3.8, 4) is 5.88 Å². The van der Waals surface area contributed by atoms with E-state index in [1.807, 2.05) is 37.3 Å². The number of hydrogen-bond donors (Lipinski definition) is 4. The number of carbonyl (C=O) groups is 2. The van der Waals surface area contributed by atoms with Gasteiger partial charge in [0.25, 0.3) is 0 Å². The standard InChI is InChI=1S/C19H21N5O4/c1-10(18(25)26)16-15-13(23-24-17(15)28-3)9-14(21-16)22-19(27)20-11(2)12-7-5-4-6-8-12/h4-11H,1-3H3,(H,23,24)(H,25,26)(H2,20,21,22,27)/t10?,11-/m1/s1. The van der Waals surface area contributed by atoms with E-state index in [-0.39, 0.29) is 23.4 Å². The number of carboxylic acids is 1. The summed E-state index contributed by atoms with van der Waals surface area (Å²) in [6.07, 6.45) is 0. The first kappa shape index (κ1) is 19.2. The molecular weight excluding hydrogens is 362 g/mol. The van der Waals surface area contributed by atoms with Crippen LogP contribution in [0.25, 0.3) is 10.9 Å². The molecule has 1 aromatic carbocycles. The van der Waals surface area contributed by atoms with Crippen molar-refractivity contribution in [2.75, 3.05) is 12.4 Å². The number of ether oxygens (including phenoxy) is 1. The fraction of sp³-hybridized carbons (Fsp3) is 0.263. The van der Waals surface area contributed by atoms with Gasteiger partial charge in [-0.3, -0.25) is 15.2 Å². The molecule has 9 nitrogen and oxygen atoms in total. The average molecular weight is 383 g/mol. The Morgan fingerprint density at radius 3 is 2.57 bits per heavy atom. The van der Waals surface area contributed by atoms with Gasteiger partial charge in [0, 0.05) is 6.07 Å². The molecule has 4 N–H and O–H groups in total. The van der Waals surface area contributed by atoms with Crippen molar-refractivity contribution in [3.05, 3.63) is 47.7 Å². The number of anilines is 1. The molecule has 0 bridgehead atoms. The van der Waals surface area contributed by atoms with E-state index in [4.69, 9.17) is 4.74 Å². The number of amides is 2. The van der Waals surface area contributed by atoms with Crippen LogP contribution < -0.4 is 15.4 Å². The van der Waals surface area contributed by atoms with Crippen molar-refractivity contribution in [2.24, 2.45) is 0 Å². The highest BCUT2D eigenvalue weighted by Gasteiger charge is 2.24. The zero-order chi connectivity index (χ0) is 20.3. The molecule has 9 heteroatoms. The maximum absolute atomic E-state index is 12.4. The summed E-state index contributed by atoms with van der Waals surface area (Å²) < 4.78 is 5.19. The lowest BCUT2D eigenvalue weighted by molar-refractivity contribution is -0.138. The Kier molecular flexibility index (Phi) is 5.44. The molecule has 0 spiro atoms. The van der Waals surface area contributed by atoms with Crippen LogP contribution in [-0.2, 0) is 4.79 Å². The molecule has 28 heavy (non-hydrogen) atoms. The molecule has 3 aromatic rings. The minimum Gasteiger partial charge on any atom is -0.481 e. The first-order chi connectivity index (χ1) is 13.4. The largest absolute Gasteiger partial charge is 0.481 e. The Labute approximate surface area is 161 Å². The molecule has 146 valence electrons. The van der Waals surface area contributed by atoms with E-state index in [1.54, 1.807) is 6.07 Å². The van der Waals surface area contributed by atoms with E-state index in [0.717, 1.165) is 5.56 Å². The zero-order valence-corrected chi connectivity index (χ0v) is 15.7. The quantitative estimate of drug-likeness (QED) is 0.518. The van der Waals surface area contributed by atoms with Gasteiger partial charge in [0.15, 0.2) is 0 Å². The van der Waals surface area contributed by atoms with Gasteiger partial charge in [-0.25, -0.2) is 9.78 Å². The number of fused-ring (bicyclic) bond motifs is 1. The van der Waals surface area contributed by atoms with Gasteiger partial charge in [-0.1, -0.05) is 30.3 Å². The maximum atomic E-state index is 12.4. The van der Waals surface area contributed by atoms with Crippen molar-refractivity contribution < 1.29 is 19.4 Å². The number of methoxy groups -OCH3 is 1. The van der Waals surface area contributed by atoms with Crippen molar-refractivity contribution in [1.82, 2.24) is 20.5 Å². The van der Waals surface area contributed by atoms with Crippen LogP contribution in [0.5, 0.6) is 5.88 Å². The van der Waals surface area contributed by atoms with E-state index >= 15 is 0 Å². The summed E-state index contributed by atoms with van der Waals surface area (Å²) in [5.41, 5.74) is 1.72. The van der Waals surface area contributed by atoms with Crippen LogP contribution in [0.1, 0.15) is 37.1 Å². The van der Waals surface area contributed by atoms with E-state index in [2.05, 4.69) is 25.8 Å². The van der Waals surface area contributed by atoms with Crippen LogP contribution in [-0.4, -0.2) is 39.4 Å². The smallest absolute Gasteiger partial charge is 0.320 e. The minimum atomic E-state index is -1.05. The van der Waals surface area contributed by atoms with Gasteiger partial charge >= 0.3 is 12.0 Å². The van der Waals surface area contributed by atoms with Crippen molar-refractivity contribution in [3.63, 3.8) is 0 Å².